The first-order valence-electron chi connectivity index (χ1n) is 16.5. The van der Waals surface area contributed by atoms with Gasteiger partial charge in [-0.05, 0) is 71.7 Å². The van der Waals surface area contributed by atoms with Crippen LogP contribution in [0.15, 0.2) is 11.6 Å². The van der Waals surface area contributed by atoms with Crippen LogP contribution < -0.4 is 0 Å². The van der Waals surface area contributed by atoms with Crippen molar-refractivity contribution in [2.45, 2.75) is 134 Å². The lowest BCUT2D eigenvalue weighted by Crippen LogP contribution is -2.66. The molecular formula is C33H56O10. The van der Waals surface area contributed by atoms with Gasteiger partial charge in [0.15, 0.2) is 6.29 Å². The van der Waals surface area contributed by atoms with Crippen LogP contribution in [0, 0.1) is 46.3 Å². The highest BCUT2D eigenvalue weighted by Crippen LogP contribution is 2.69. The lowest BCUT2D eigenvalue weighted by molar-refractivity contribution is -0.280. The number of hydrogen-bond acceptors (Lipinski definition) is 10. The minimum absolute atomic E-state index is 0.0510. The van der Waals surface area contributed by atoms with Gasteiger partial charge in [-0.1, -0.05) is 53.5 Å². The predicted molar refractivity (Wildman–Crippen MR) is 157 cm³/mol. The molecule has 0 aromatic carbocycles. The first kappa shape index (κ1) is 33.7. The van der Waals surface area contributed by atoms with Gasteiger partial charge in [0, 0.05) is 18.9 Å². The summed E-state index contributed by atoms with van der Waals surface area (Å²) < 4.78 is 11.5. The smallest absolute Gasteiger partial charge is 0.186 e. The first-order chi connectivity index (χ1) is 20.1. The highest BCUT2D eigenvalue weighted by atomic mass is 16.7. The molecule has 0 spiro atoms. The molecule has 1 aliphatic heterocycles. The van der Waals surface area contributed by atoms with Crippen LogP contribution in [0.3, 0.4) is 0 Å². The molecule has 0 radical (unpaired) electrons. The molecule has 1 unspecified atom stereocenters. The Morgan fingerprint density at radius 2 is 1.60 bits per heavy atom. The summed E-state index contributed by atoms with van der Waals surface area (Å²) in [7, 11) is 0. The fourth-order valence-electron chi connectivity index (χ4n) is 10.3. The Hall–Kier alpha value is -0.660. The number of ether oxygens (including phenoxy) is 2. The van der Waals surface area contributed by atoms with Crippen LogP contribution in [0.1, 0.15) is 79.6 Å². The molecular weight excluding hydrogens is 556 g/mol. The van der Waals surface area contributed by atoms with Crippen molar-refractivity contribution in [2.24, 2.45) is 46.3 Å². The molecule has 4 aliphatic carbocycles. The standard InChI is InChI=1S/C33H56O10/c1-16(18(3)14-34)6-7-17(2)24-26(38)27(39)29-32(24,5)11-9-23-31(4)10-8-19(12-20(31)21(35)13-33(23,29)41)43-30-28(40)25(37)22(36)15-42-30/h12,16-19,21-30,34-41H,6-11,13-15H2,1-5H3/t16-,17-,18?,19+,21-,22-,23-,24+,25+,26-,27+,28-,29-,30+,31+,32-,33+/m1/s1. The first-order valence-corrected chi connectivity index (χ1v) is 16.5. The minimum atomic E-state index is -1.40. The Bertz CT molecular complexity index is 1020. The lowest BCUT2D eigenvalue weighted by atomic mass is 9.43. The van der Waals surface area contributed by atoms with E-state index in [1.807, 2.05) is 13.0 Å². The molecule has 5 rings (SSSR count). The van der Waals surface area contributed by atoms with Gasteiger partial charge in [0.25, 0.3) is 0 Å². The molecule has 17 atom stereocenters. The molecule has 1 saturated heterocycles. The van der Waals surface area contributed by atoms with Gasteiger partial charge >= 0.3 is 0 Å². The molecule has 0 aromatic heterocycles. The number of rotatable bonds is 8. The molecule has 5 aliphatic rings. The van der Waals surface area contributed by atoms with Crippen molar-refractivity contribution in [3.8, 4) is 0 Å². The fourth-order valence-corrected chi connectivity index (χ4v) is 10.3. The monoisotopic (exact) mass is 612 g/mol. The molecule has 3 saturated carbocycles. The summed E-state index contributed by atoms with van der Waals surface area (Å²) in [5, 5.41) is 87.0. The van der Waals surface area contributed by atoms with E-state index in [4.69, 9.17) is 9.47 Å². The van der Waals surface area contributed by atoms with E-state index in [2.05, 4.69) is 27.7 Å². The van der Waals surface area contributed by atoms with Gasteiger partial charge in [-0.3, -0.25) is 0 Å². The van der Waals surface area contributed by atoms with Crippen LogP contribution in [0.2, 0.25) is 0 Å². The van der Waals surface area contributed by atoms with E-state index >= 15 is 0 Å². The molecule has 1 heterocycles. The van der Waals surface area contributed by atoms with Crippen LogP contribution in [-0.4, -0.2) is 109 Å². The number of aliphatic hydroxyl groups excluding tert-OH is 7. The zero-order valence-electron chi connectivity index (χ0n) is 26.4. The van der Waals surface area contributed by atoms with Gasteiger partial charge in [0.05, 0.1) is 36.6 Å². The van der Waals surface area contributed by atoms with Gasteiger partial charge in [-0.2, -0.15) is 0 Å². The highest BCUT2D eigenvalue weighted by molar-refractivity contribution is 5.33. The maximum absolute atomic E-state index is 12.6. The lowest BCUT2D eigenvalue weighted by Gasteiger charge is -2.64. The topological polar surface area (TPSA) is 180 Å². The Morgan fingerprint density at radius 1 is 0.907 bits per heavy atom. The van der Waals surface area contributed by atoms with Crippen molar-refractivity contribution in [1.29, 1.82) is 0 Å². The van der Waals surface area contributed by atoms with E-state index in [1.165, 1.54) is 0 Å². The largest absolute Gasteiger partial charge is 0.396 e. The fraction of sp³-hybridized carbons (Fsp3) is 0.939. The van der Waals surface area contributed by atoms with Crippen molar-refractivity contribution in [3.05, 3.63) is 11.6 Å². The summed E-state index contributed by atoms with van der Waals surface area (Å²) in [5.41, 5.74) is -1.66. The van der Waals surface area contributed by atoms with Gasteiger partial charge < -0.3 is 50.3 Å². The second-order valence-corrected chi connectivity index (χ2v) is 15.5. The third kappa shape index (κ3) is 5.45. The Balaban J connectivity index is 1.36. The molecule has 10 nitrogen and oxygen atoms in total. The SMILES string of the molecule is CC(CO)[C@H](C)CC[C@@H](C)[C@H]1[C@@H](O)[C@H](O)[C@@H]2[C@]1(C)CC[C@H]1[C@@]2(O)C[C@@H](O)C2=C[C@@H](O[C@@H]3OC[C@@H](O)[C@H](O)[C@H]3O)CC[C@@]21C. The van der Waals surface area contributed by atoms with Crippen LogP contribution in [-0.2, 0) is 9.47 Å². The van der Waals surface area contributed by atoms with Crippen molar-refractivity contribution in [1.82, 2.24) is 0 Å². The van der Waals surface area contributed by atoms with Crippen molar-refractivity contribution >= 4 is 0 Å². The normalized spacial score (nSPS) is 51.9. The number of hydrogen-bond donors (Lipinski definition) is 8. The molecule has 8 N–H and O–H groups in total. The van der Waals surface area contributed by atoms with Crippen molar-refractivity contribution < 1.29 is 50.3 Å². The Labute approximate surface area is 255 Å². The molecule has 10 heteroatoms. The zero-order valence-corrected chi connectivity index (χ0v) is 26.4. The van der Waals surface area contributed by atoms with E-state index in [0.717, 1.165) is 24.8 Å². The zero-order chi connectivity index (χ0) is 31.6. The average Bonchev–Trinajstić information content (AvgIpc) is 3.16. The summed E-state index contributed by atoms with van der Waals surface area (Å²) in [6.45, 7) is 10.5. The highest BCUT2D eigenvalue weighted by Gasteiger charge is 2.72. The van der Waals surface area contributed by atoms with E-state index < -0.39 is 71.4 Å². The van der Waals surface area contributed by atoms with Gasteiger partial charge in [-0.25, -0.2) is 0 Å². The molecule has 0 aromatic rings. The molecule has 4 fully saturated rings. The maximum atomic E-state index is 12.6. The number of fused-ring (bicyclic) bond motifs is 5. The summed E-state index contributed by atoms with van der Waals surface area (Å²) >= 11 is 0. The predicted octanol–water partition coefficient (Wildman–Crippen LogP) is 1.10. The van der Waals surface area contributed by atoms with E-state index in [0.29, 0.717) is 25.2 Å². The third-order valence-corrected chi connectivity index (χ3v) is 13.0. The van der Waals surface area contributed by atoms with Crippen LogP contribution in [0.25, 0.3) is 0 Å². The second-order valence-electron chi connectivity index (χ2n) is 15.5. The summed E-state index contributed by atoms with van der Waals surface area (Å²) in [6.07, 6.45) is -2.35. The maximum Gasteiger partial charge on any atom is 0.186 e. The van der Waals surface area contributed by atoms with Gasteiger partial charge in [0.2, 0.25) is 0 Å². The summed E-state index contributed by atoms with van der Waals surface area (Å²) in [4.78, 5) is 0. The van der Waals surface area contributed by atoms with Crippen molar-refractivity contribution in [3.63, 3.8) is 0 Å². The third-order valence-electron chi connectivity index (χ3n) is 13.0. The quantitative estimate of drug-likeness (QED) is 0.185. The average molecular weight is 613 g/mol. The van der Waals surface area contributed by atoms with E-state index in [1.54, 1.807) is 0 Å². The molecule has 0 bridgehead atoms. The van der Waals surface area contributed by atoms with Gasteiger partial charge in [-0.15, -0.1) is 0 Å². The number of aliphatic hydroxyl groups is 8. The summed E-state index contributed by atoms with van der Waals surface area (Å²) in [5.74, 6) is -0.382. The van der Waals surface area contributed by atoms with E-state index in [-0.39, 0.29) is 43.3 Å². The van der Waals surface area contributed by atoms with E-state index in [9.17, 15) is 40.9 Å². The van der Waals surface area contributed by atoms with Crippen molar-refractivity contribution in [2.75, 3.05) is 13.2 Å². The Morgan fingerprint density at radius 3 is 2.28 bits per heavy atom. The Kier molecular flexibility index (Phi) is 9.54. The molecule has 43 heavy (non-hydrogen) atoms. The van der Waals surface area contributed by atoms with Gasteiger partial charge in [0.1, 0.15) is 18.3 Å². The van der Waals surface area contributed by atoms with Crippen LogP contribution in [0.5, 0.6) is 0 Å². The van der Waals surface area contributed by atoms with Crippen LogP contribution in [0.4, 0.5) is 0 Å². The van der Waals surface area contributed by atoms with Crippen LogP contribution >= 0.6 is 0 Å². The minimum Gasteiger partial charge on any atom is -0.396 e. The second kappa shape index (κ2) is 12.2. The summed E-state index contributed by atoms with van der Waals surface area (Å²) in [6, 6.07) is 0. The molecule has 0 amide bonds. The molecule has 248 valence electrons.